The summed E-state index contributed by atoms with van der Waals surface area (Å²) in [7, 11) is 0. The summed E-state index contributed by atoms with van der Waals surface area (Å²) in [5.74, 6) is 1.95. The van der Waals surface area contributed by atoms with Crippen molar-refractivity contribution in [3.05, 3.63) is 210 Å². The van der Waals surface area contributed by atoms with E-state index in [-0.39, 0.29) is 0 Å². The number of hydrogen-bond acceptors (Lipinski definition) is 3. The zero-order chi connectivity index (χ0) is 33.8. The van der Waals surface area contributed by atoms with Crippen LogP contribution in [0.2, 0.25) is 0 Å². The molecule has 1 aliphatic carbocycles. The molecule has 51 heavy (non-hydrogen) atoms. The lowest BCUT2D eigenvalue weighted by Gasteiger charge is -2.33. The highest BCUT2D eigenvalue weighted by Crippen LogP contribution is 2.58. The molecule has 0 bridgehead atoms. The molecule has 3 nitrogen and oxygen atoms in total. The van der Waals surface area contributed by atoms with Crippen LogP contribution < -0.4 is 0 Å². The molecule has 0 fully saturated rings. The minimum absolute atomic E-state index is 0.514. The van der Waals surface area contributed by atoms with Gasteiger partial charge in [0.2, 0.25) is 0 Å². The number of benzene rings is 8. The van der Waals surface area contributed by atoms with Crippen LogP contribution in [0.15, 0.2) is 188 Å². The van der Waals surface area contributed by atoms with E-state index in [9.17, 15) is 0 Å². The van der Waals surface area contributed by atoms with Crippen molar-refractivity contribution in [1.82, 2.24) is 15.0 Å². The summed E-state index contributed by atoms with van der Waals surface area (Å²) in [4.78, 5) is 15.7. The van der Waals surface area contributed by atoms with Crippen LogP contribution in [-0.4, -0.2) is 15.0 Å². The zero-order valence-electron chi connectivity index (χ0n) is 27.7. The van der Waals surface area contributed by atoms with E-state index in [0.717, 1.165) is 33.0 Å². The Morgan fingerprint density at radius 2 is 0.765 bits per heavy atom. The Hall–Kier alpha value is -6.71. The maximum Gasteiger partial charge on any atom is 0.164 e. The number of rotatable bonds is 5. The molecule has 0 spiro atoms. The minimum Gasteiger partial charge on any atom is -0.208 e. The third kappa shape index (κ3) is 4.63. The molecule has 0 unspecified atom stereocenters. The fourth-order valence-corrected chi connectivity index (χ4v) is 8.09. The van der Waals surface area contributed by atoms with Gasteiger partial charge < -0.3 is 0 Å². The number of aromatic nitrogens is 3. The number of nitrogens with zero attached hydrogens (tertiary/aromatic N) is 3. The molecule has 0 saturated heterocycles. The van der Waals surface area contributed by atoms with Gasteiger partial charge in [0, 0.05) is 16.7 Å². The average molecular weight is 650 g/mol. The largest absolute Gasteiger partial charge is 0.208 e. The normalized spacial score (nSPS) is 12.9. The van der Waals surface area contributed by atoms with E-state index in [1.165, 1.54) is 38.6 Å². The van der Waals surface area contributed by atoms with Crippen LogP contribution in [0.5, 0.6) is 0 Å². The third-order valence-corrected chi connectivity index (χ3v) is 10.4. The fourth-order valence-electron chi connectivity index (χ4n) is 8.09. The van der Waals surface area contributed by atoms with Gasteiger partial charge in [-0.25, -0.2) is 15.0 Å². The first-order valence-electron chi connectivity index (χ1n) is 17.4. The Morgan fingerprint density at radius 3 is 1.35 bits per heavy atom. The molecule has 0 aliphatic heterocycles. The topological polar surface area (TPSA) is 38.7 Å². The van der Waals surface area contributed by atoms with E-state index >= 15 is 0 Å². The first kappa shape index (κ1) is 29.2. The van der Waals surface area contributed by atoms with Crippen LogP contribution in [0.4, 0.5) is 0 Å². The second kappa shape index (κ2) is 11.7. The van der Waals surface area contributed by atoms with Crippen molar-refractivity contribution >= 4 is 21.5 Å². The Balaban J connectivity index is 1.26. The quantitative estimate of drug-likeness (QED) is 0.186. The molecular weight excluding hydrogens is 619 g/mol. The molecule has 0 N–H and O–H groups in total. The molecule has 1 aromatic heterocycles. The Labute approximate surface area is 296 Å². The highest BCUT2D eigenvalue weighted by molar-refractivity contribution is 5.95. The molecule has 10 rings (SSSR count). The first-order chi connectivity index (χ1) is 25.3. The van der Waals surface area contributed by atoms with Gasteiger partial charge in [-0.2, -0.15) is 0 Å². The summed E-state index contributed by atoms with van der Waals surface area (Å²) in [6.45, 7) is 0. The Bertz CT molecular complexity index is 2620. The summed E-state index contributed by atoms with van der Waals surface area (Å²) in [6, 6.07) is 66.9. The lowest BCUT2D eigenvalue weighted by molar-refractivity contribution is 0.768. The van der Waals surface area contributed by atoms with Crippen molar-refractivity contribution in [3.8, 4) is 45.3 Å². The molecule has 0 radical (unpaired) electrons. The predicted octanol–water partition coefficient (Wildman–Crippen LogP) is 11.5. The van der Waals surface area contributed by atoms with Gasteiger partial charge in [0.1, 0.15) is 0 Å². The van der Waals surface area contributed by atoms with Crippen molar-refractivity contribution < 1.29 is 0 Å². The molecule has 238 valence electrons. The number of hydrogen-bond donors (Lipinski definition) is 0. The smallest absolute Gasteiger partial charge is 0.164 e. The van der Waals surface area contributed by atoms with Crippen LogP contribution in [0.25, 0.3) is 66.8 Å². The molecule has 1 aliphatic rings. The Kier molecular flexibility index (Phi) is 6.71. The molecule has 0 atom stereocenters. The standard InChI is InChI=1S/C48H31N3/c1-3-18-38(19-4-1)48(39-20-5-2-6-21-39)42-24-12-11-22-40(42)44-41(23-13-25-43(44)48)47-50-45(36-28-26-32-14-7-9-16-34(32)30-36)49-46(51-47)37-29-27-33-15-8-10-17-35(33)31-37/h1-31H. The van der Waals surface area contributed by atoms with Gasteiger partial charge in [0.05, 0.1) is 5.41 Å². The van der Waals surface area contributed by atoms with Gasteiger partial charge in [0.15, 0.2) is 17.5 Å². The second-order valence-electron chi connectivity index (χ2n) is 13.2. The maximum absolute atomic E-state index is 5.29. The van der Waals surface area contributed by atoms with Crippen LogP contribution in [0.1, 0.15) is 22.3 Å². The highest BCUT2D eigenvalue weighted by Gasteiger charge is 2.47. The summed E-state index contributed by atoms with van der Waals surface area (Å²) in [5, 5.41) is 4.66. The predicted molar refractivity (Wildman–Crippen MR) is 208 cm³/mol. The molecule has 8 aromatic carbocycles. The highest BCUT2D eigenvalue weighted by atomic mass is 15.0. The van der Waals surface area contributed by atoms with Crippen molar-refractivity contribution in [2.75, 3.05) is 0 Å². The second-order valence-corrected chi connectivity index (χ2v) is 13.2. The van der Waals surface area contributed by atoms with E-state index in [2.05, 4.69) is 188 Å². The van der Waals surface area contributed by atoms with Gasteiger partial charge in [-0.05, 0) is 67.1 Å². The van der Waals surface area contributed by atoms with Crippen LogP contribution in [-0.2, 0) is 5.41 Å². The van der Waals surface area contributed by atoms with Crippen molar-refractivity contribution in [2.24, 2.45) is 0 Å². The Morgan fingerprint density at radius 1 is 0.314 bits per heavy atom. The van der Waals surface area contributed by atoms with E-state index in [1.54, 1.807) is 0 Å². The monoisotopic (exact) mass is 649 g/mol. The molecule has 0 saturated carbocycles. The molecular formula is C48H31N3. The van der Waals surface area contributed by atoms with Gasteiger partial charge in [-0.15, -0.1) is 0 Å². The van der Waals surface area contributed by atoms with Crippen molar-refractivity contribution in [1.29, 1.82) is 0 Å². The minimum atomic E-state index is -0.514. The summed E-state index contributed by atoms with van der Waals surface area (Å²) >= 11 is 0. The van der Waals surface area contributed by atoms with E-state index in [4.69, 9.17) is 15.0 Å². The number of fused-ring (bicyclic) bond motifs is 5. The van der Waals surface area contributed by atoms with E-state index in [1.807, 2.05) is 0 Å². The third-order valence-electron chi connectivity index (χ3n) is 10.4. The molecule has 0 amide bonds. The van der Waals surface area contributed by atoms with Gasteiger partial charge >= 0.3 is 0 Å². The fraction of sp³-hybridized carbons (Fsp3) is 0.0208. The van der Waals surface area contributed by atoms with Crippen molar-refractivity contribution in [2.45, 2.75) is 5.41 Å². The summed E-state index contributed by atoms with van der Waals surface area (Å²) in [5.41, 5.74) is 9.65. The van der Waals surface area contributed by atoms with Crippen LogP contribution in [0.3, 0.4) is 0 Å². The average Bonchev–Trinajstić information content (AvgIpc) is 3.52. The van der Waals surface area contributed by atoms with Crippen molar-refractivity contribution in [3.63, 3.8) is 0 Å². The SMILES string of the molecule is c1ccc(C2(c3ccccc3)c3ccccc3-c3c(-c4nc(-c5ccc6ccccc6c5)nc(-c5ccc6ccccc6c5)n4)cccc32)cc1. The lowest BCUT2D eigenvalue weighted by Crippen LogP contribution is -2.28. The maximum atomic E-state index is 5.29. The molecule has 1 heterocycles. The van der Waals surface area contributed by atoms with E-state index < -0.39 is 5.41 Å². The zero-order valence-corrected chi connectivity index (χ0v) is 27.7. The van der Waals surface area contributed by atoms with Crippen LogP contribution >= 0.6 is 0 Å². The van der Waals surface area contributed by atoms with Gasteiger partial charge in [-0.1, -0.05) is 176 Å². The lowest BCUT2D eigenvalue weighted by atomic mass is 9.67. The first-order valence-corrected chi connectivity index (χ1v) is 17.4. The van der Waals surface area contributed by atoms with E-state index in [0.29, 0.717) is 17.5 Å². The molecule has 3 heteroatoms. The summed E-state index contributed by atoms with van der Waals surface area (Å²) in [6.07, 6.45) is 0. The van der Waals surface area contributed by atoms with Crippen LogP contribution in [0, 0.1) is 0 Å². The molecule has 9 aromatic rings. The van der Waals surface area contributed by atoms with Gasteiger partial charge in [-0.3, -0.25) is 0 Å². The van der Waals surface area contributed by atoms with Gasteiger partial charge in [0.25, 0.3) is 0 Å². The summed E-state index contributed by atoms with van der Waals surface area (Å²) < 4.78 is 0.